The number of pyridine rings is 1. The molecular weight excluding hydrogens is 442 g/mol. The van der Waals surface area contributed by atoms with Crippen molar-refractivity contribution in [2.75, 3.05) is 17.7 Å². The van der Waals surface area contributed by atoms with E-state index in [1.165, 1.54) is 6.92 Å². The molecule has 0 saturated heterocycles. The van der Waals surface area contributed by atoms with Gasteiger partial charge in [-0.15, -0.1) is 0 Å². The van der Waals surface area contributed by atoms with Gasteiger partial charge in [-0.05, 0) is 43.3 Å². The highest BCUT2D eigenvalue weighted by Crippen LogP contribution is 2.32. The minimum absolute atomic E-state index is 0.115. The van der Waals surface area contributed by atoms with E-state index in [1.807, 2.05) is 83.9 Å². The first kappa shape index (κ1) is 22.1. The highest BCUT2D eigenvalue weighted by molar-refractivity contribution is 5.93. The Bertz CT molecular complexity index is 1550. The molecule has 0 aliphatic rings. The zero-order chi connectivity index (χ0) is 24.5. The van der Waals surface area contributed by atoms with Gasteiger partial charge in [0.15, 0.2) is 0 Å². The van der Waals surface area contributed by atoms with Crippen molar-refractivity contribution in [2.24, 2.45) is 7.05 Å². The number of hydrogen-bond acceptors (Lipinski definition) is 6. The summed E-state index contributed by atoms with van der Waals surface area (Å²) in [5.74, 6) is 1.79. The van der Waals surface area contributed by atoms with Crippen molar-refractivity contribution in [3.8, 4) is 23.0 Å². The fourth-order valence-corrected chi connectivity index (χ4v) is 4.05. The molecule has 0 spiro atoms. The number of methoxy groups -OCH3 is 1. The Hall–Kier alpha value is -4.66. The molecule has 5 rings (SSSR count). The Labute approximate surface area is 202 Å². The molecule has 0 aliphatic heterocycles. The van der Waals surface area contributed by atoms with Gasteiger partial charge in [-0.3, -0.25) is 4.79 Å². The van der Waals surface area contributed by atoms with Crippen LogP contribution < -0.4 is 15.4 Å². The second kappa shape index (κ2) is 8.94. The number of rotatable bonds is 6. The molecule has 0 radical (unpaired) electrons. The highest BCUT2D eigenvalue weighted by Gasteiger charge is 2.15. The van der Waals surface area contributed by atoms with Gasteiger partial charge >= 0.3 is 0 Å². The Morgan fingerprint density at radius 2 is 1.89 bits per heavy atom. The Balaban J connectivity index is 1.51. The number of anilines is 3. The number of amides is 1. The maximum Gasteiger partial charge on any atom is 0.240 e. The van der Waals surface area contributed by atoms with Crippen molar-refractivity contribution in [1.82, 2.24) is 24.1 Å². The van der Waals surface area contributed by atoms with Crippen LogP contribution in [-0.4, -0.2) is 37.1 Å². The molecule has 0 bridgehead atoms. The SMILES string of the molecule is COc1nc(Nc2cccc3c2nc(-c2cccc(NC(C)=O)c2)n3C)ccc1-n1cnc(C)c1. The van der Waals surface area contributed by atoms with Crippen molar-refractivity contribution < 1.29 is 9.53 Å². The first-order valence-electron chi connectivity index (χ1n) is 11.1. The number of fused-ring (bicyclic) bond motifs is 1. The maximum absolute atomic E-state index is 11.5. The smallest absolute Gasteiger partial charge is 0.240 e. The van der Waals surface area contributed by atoms with Crippen molar-refractivity contribution in [1.29, 1.82) is 0 Å². The molecule has 0 aliphatic carbocycles. The molecular formula is C26H25N7O2. The van der Waals surface area contributed by atoms with Crippen molar-refractivity contribution in [3.05, 3.63) is 72.8 Å². The van der Waals surface area contributed by atoms with Crippen LogP contribution >= 0.6 is 0 Å². The third-order valence-electron chi connectivity index (χ3n) is 5.64. The lowest BCUT2D eigenvalue weighted by atomic mass is 10.2. The van der Waals surface area contributed by atoms with E-state index in [4.69, 9.17) is 9.72 Å². The minimum Gasteiger partial charge on any atom is -0.479 e. The summed E-state index contributed by atoms with van der Waals surface area (Å²) >= 11 is 0. The maximum atomic E-state index is 11.5. The van der Waals surface area contributed by atoms with Gasteiger partial charge in [0, 0.05) is 31.4 Å². The van der Waals surface area contributed by atoms with E-state index in [0.717, 1.165) is 45.2 Å². The van der Waals surface area contributed by atoms with Crippen LogP contribution in [0.5, 0.6) is 5.88 Å². The fraction of sp³-hybridized carbons (Fsp3) is 0.154. The summed E-state index contributed by atoms with van der Waals surface area (Å²) in [6.07, 6.45) is 3.66. The molecule has 2 N–H and O–H groups in total. The number of carbonyl (C=O) groups excluding carboxylic acids is 1. The third-order valence-corrected chi connectivity index (χ3v) is 5.64. The number of aryl methyl sites for hydroxylation is 2. The van der Waals surface area contributed by atoms with Gasteiger partial charge in [0.05, 0.1) is 30.3 Å². The lowest BCUT2D eigenvalue weighted by molar-refractivity contribution is -0.114. The summed E-state index contributed by atoms with van der Waals surface area (Å²) < 4.78 is 9.46. The second-order valence-corrected chi connectivity index (χ2v) is 8.20. The average Bonchev–Trinajstić information content (AvgIpc) is 3.42. The van der Waals surface area contributed by atoms with Gasteiger partial charge in [0.1, 0.15) is 22.8 Å². The molecule has 2 aromatic carbocycles. The molecule has 3 aromatic heterocycles. The number of para-hydroxylation sites is 1. The predicted molar refractivity (Wildman–Crippen MR) is 136 cm³/mol. The summed E-state index contributed by atoms with van der Waals surface area (Å²) in [7, 11) is 3.57. The molecule has 0 fully saturated rings. The lowest BCUT2D eigenvalue weighted by Crippen LogP contribution is -2.05. The molecule has 5 aromatic rings. The van der Waals surface area contributed by atoms with Crippen molar-refractivity contribution in [3.63, 3.8) is 0 Å². The standard InChI is InChI=1S/C26H25N7O2/c1-16-14-33(15-27-16)22-11-12-23(30-26(22)35-4)29-20-9-6-10-21-24(20)31-25(32(21)3)18-7-5-8-19(13-18)28-17(2)34/h5-15H,1-4H3,(H,28,34)(H,29,30). The molecule has 0 atom stereocenters. The predicted octanol–water partition coefficient (Wildman–Crippen LogP) is 4.84. The van der Waals surface area contributed by atoms with Gasteiger partial charge in [-0.1, -0.05) is 18.2 Å². The molecule has 176 valence electrons. The van der Waals surface area contributed by atoms with Crippen LogP contribution in [0.3, 0.4) is 0 Å². The lowest BCUT2D eigenvalue weighted by Gasteiger charge is -2.11. The summed E-state index contributed by atoms with van der Waals surface area (Å²) in [6, 6.07) is 17.4. The largest absolute Gasteiger partial charge is 0.479 e. The molecule has 1 amide bonds. The number of hydrogen-bond donors (Lipinski definition) is 2. The van der Waals surface area contributed by atoms with E-state index in [9.17, 15) is 4.79 Å². The van der Waals surface area contributed by atoms with Crippen LogP contribution in [-0.2, 0) is 11.8 Å². The summed E-state index contributed by atoms with van der Waals surface area (Å²) in [6.45, 7) is 3.43. The van der Waals surface area contributed by atoms with E-state index in [0.29, 0.717) is 11.7 Å². The van der Waals surface area contributed by atoms with Gasteiger partial charge in [-0.2, -0.15) is 4.98 Å². The Morgan fingerprint density at radius 1 is 1.06 bits per heavy atom. The number of nitrogens with zero attached hydrogens (tertiary/aromatic N) is 5. The first-order valence-corrected chi connectivity index (χ1v) is 11.1. The molecule has 35 heavy (non-hydrogen) atoms. The number of imidazole rings is 2. The van der Waals surface area contributed by atoms with Crippen LogP contribution in [0.15, 0.2) is 67.1 Å². The molecule has 3 heterocycles. The number of benzene rings is 2. The number of carbonyl (C=O) groups is 1. The number of nitrogens with one attached hydrogen (secondary N) is 2. The van der Waals surface area contributed by atoms with E-state index in [-0.39, 0.29) is 5.91 Å². The third kappa shape index (κ3) is 4.31. The first-order chi connectivity index (χ1) is 16.9. The zero-order valence-electron chi connectivity index (χ0n) is 19.9. The summed E-state index contributed by atoms with van der Waals surface area (Å²) in [5, 5.41) is 6.21. The highest BCUT2D eigenvalue weighted by atomic mass is 16.5. The van der Waals surface area contributed by atoms with E-state index < -0.39 is 0 Å². The van der Waals surface area contributed by atoms with Gasteiger partial charge < -0.3 is 24.5 Å². The van der Waals surface area contributed by atoms with Crippen LogP contribution in [0.2, 0.25) is 0 Å². The zero-order valence-corrected chi connectivity index (χ0v) is 19.9. The molecule has 0 unspecified atom stereocenters. The summed E-state index contributed by atoms with van der Waals surface area (Å²) in [4.78, 5) is 25.3. The minimum atomic E-state index is -0.115. The topological polar surface area (TPSA) is 98.9 Å². The summed E-state index contributed by atoms with van der Waals surface area (Å²) in [5.41, 5.74) is 5.94. The normalized spacial score (nSPS) is 11.0. The van der Waals surface area contributed by atoms with E-state index in [2.05, 4.69) is 20.6 Å². The molecule has 9 heteroatoms. The monoisotopic (exact) mass is 467 g/mol. The number of ether oxygens (including phenoxy) is 1. The number of aromatic nitrogens is 5. The van der Waals surface area contributed by atoms with Crippen LogP contribution in [0.1, 0.15) is 12.6 Å². The molecule has 0 saturated carbocycles. The molecule has 9 nitrogen and oxygen atoms in total. The van der Waals surface area contributed by atoms with Gasteiger partial charge in [0.2, 0.25) is 11.8 Å². The van der Waals surface area contributed by atoms with Crippen LogP contribution in [0.25, 0.3) is 28.1 Å². The van der Waals surface area contributed by atoms with Crippen molar-refractivity contribution in [2.45, 2.75) is 13.8 Å². The van der Waals surface area contributed by atoms with Gasteiger partial charge in [-0.25, -0.2) is 9.97 Å². The van der Waals surface area contributed by atoms with Gasteiger partial charge in [0.25, 0.3) is 0 Å². The average molecular weight is 468 g/mol. The van der Waals surface area contributed by atoms with Crippen LogP contribution in [0.4, 0.5) is 17.2 Å². The van der Waals surface area contributed by atoms with E-state index in [1.54, 1.807) is 13.4 Å². The Morgan fingerprint density at radius 3 is 2.63 bits per heavy atom. The van der Waals surface area contributed by atoms with E-state index >= 15 is 0 Å². The van der Waals surface area contributed by atoms with Crippen molar-refractivity contribution >= 4 is 34.1 Å². The van der Waals surface area contributed by atoms with Crippen LogP contribution in [0, 0.1) is 6.92 Å². The fourth-order valence-electron chi connectivity index (χ4n) is 4.05. The quantitative estimate of drug-likeness (QED) is 0.371. The second-order valence-electron chi connectivity index (χ2n) is 8.20. The Kier molecular flexibility index (Phi) is 5.66.